The van der Waals surface area contributed by atoms with E-state index in [9.17, 15) is 0 Å². The number of anilines is 1. The second kappa shape index (κ2) is 5.36. The second-order valence-electron chi connectivity index (χ2n) is 4.11. The fraction of sp³-hybridized carbons (Fsp3) is 0.500. The highest BCUT2D eigenvalue weighted by Gasteiger charge is 2.10. The van der Waals surface area contributed by atoms with Crippen molar-refractivity contribution in [3.05, 3.63) is 23.6 Å². The molecule has 0 fully saturated rings. The first-order chi connectivity index (χ1) is 8.24. The van der Waals surface area contributed by atoms with Crippen molar-refractivity contribution in [2.24, 2.45) is 0 Å². The van der Waals surface area contributed by atoms with E-state index < -0.39 is 0 Å². The van der Waals surface area contributed by atoms with Crippen LogP contribution in [0, 0.1) is 0 Å². The standard InChI is InChI=1S/C12H17ClN4/c1-3-6-9(4-2)14-11-10-7-5-8-17(10)16-12(13)15-11/h5,7-9H,3-4,6H2,1-2H3,(H,14,15,16). The molecule has 0 aromatic carbocycles. The molecule has 1 N–H and O–H groups in total. The summed E-state index contributed by atoms with van der Waals surface area (Å²) >= 11 is 5.90. The second-order valence-corrected chi connectivity index (χ2v) is 4.44. The first-order valence-corrected chi connectivity index (χ1v) is 6.39. The van der Waals surface area contributed by atoms with Gasteiger partial charge in [0.05, 0.1) is 0 Å². The molecule has 4 nitrogen and oxygen atoms in total. The van der Waals surface area contributed by atoms with E-state index in [1.807, 2.05) is 18.3 Å². The Balaban J connectivity index is 2.30. The van der Waals surface area contributed by atoms with Crippen molar-refractivity contribution >= 4 is 22.9 Å². The third-order valence-corrected chi connectivity index (χ3v) is 3.00. The van der Waals surface area contributed by atoms with Crippen LogP contribution in [0.1, 0.15) is 33.1 Å². The van der Waals surface area contributed by atoms with Crippen LogP contribution in [0.2, 0.25) is 5.28 Å². The van der Waals surface area contributed by atoms with Crippen molar-refractivity contribution in [1.29, 1.82) is 0 Å². The zero-order valence-electron chi connectivity index (χ0n) is 10.2. The minimum Gasteiger partial charge on any atom is -0.365 e. The van der Waals surface area contributed by atoms with Crippen molar-refractivity contribution in [3.63, 3.8) is 0 Å². The van der Waals surface area contributed by atoms with Gasteiger partial charge in [0.1, 0.15) is 5.52 Å². The van der Waals surface area contributed by atoms with E-state index in [2.05, 4.69) is 29.2 Å². The van der Waals surface area contributed by atoms with Crippen LogP contribution in [0.3, 0.4) is 0 Å². The monoisotopic (exact) mass is 252 g/mol. The van der Waals surface area contributed by atoms with E-state index in [1.165, 1.54) is 0 Å². The average molecular weight is 253 g/mol. The lowest BCUT2D eigenvalue weighted by Crippen LogP contribution is -2.19. The fourth-order valence-electron chi connectivity index (χ4n) is 1.93. The molecule has 0 aliphatic rings. The Kier molecular flexibility index (Phi) is 3.84. The Bertz CT molecular complexity index is 494. The third-order valence-electron chi connectivity index (χ3n) is 2.84. The number of nitrogens with one attached hydrogen (secondary N) is 1. The molecule has 0 spiro atoms. The minimum absolute atomic E-state index is 0.266. The van der Waals surface area contributed by atoms with Crippen LogP contribution < -0.4 is 5.32 Å². The van der Waals surface area contributed by atoms with Gasteiger partial charge < -0.3 is 5.32 Å². The highest BCUT2D eigenvalue weighted by Crippen LogP contribution is 2.19. The quantitative estimate of drug-likeness (QED) is 0.887. The molecule has 0 amide bonds. The van der Waals surface area contributed by atoms with Gasteiger partial charge in [-0.2, -0.15) is 4.98 Å². The molecule has 0 saturated carbocycles. The number of nitrogens with zero attached hydrogens (tertiary/aromatic N) is 3. The van der Waals surface area contributed by atoms with Crippen LogP contribution in [-0.2, 0) is 0 Å². The van der Waals surface area contributed by atoms with Crippen molar-refractivity contribution in [3.8, 4) is 0 Å². The highest BCUT2D eigenvalue weighted by molar-refractivity contribution is 6.28. The van der Waals surface area contributed by atoms with Gasteiger partial charge in [0, 0.05) is 12.2 Å². The Hall–Kier alpha value is -1.29. The van der Waals surface area contributed by atoms with E-state index in [0.717, 1.165) is 30.6 Å². The van der Waals surface area contributed by atoms with E-state index >= 15 is 0 Å². The average Bonchev–Trinajstić information content (AvgIpc) is 2.76. The fourth-order valence-corrected chi connectivity index (χ4v) is 2.10. The number of aromatic nitrogens is 3. The molecular weight excluding hydrogens is 236 g/mol. The summed E-state index contributed by atoms with van der Waals surface area (Å²) in [7, 11) is 0. The maximum absolute atomic E-state index is 5.90. The molecule has 5 heteroatoms. The molecule has 2 aromatic rings. The summed E-state index contributed by atoms with van der Waals surface area (Å²) < 4.78 is 1.75. The normalized spacial score (nSPS) is 12.9. The van der Waals surface area contributed by atoms with Gasteiger partial charge in [0.2, 0.25) is 5.28 Å². The van der Waals surface area contributed by atoms with E-state index in [0.29, 0.717) is 6.04 Å². The molecule has 0 aliphatic carbocycles. The summed E-state index contributed by atoms with van der Waals surface area (Å²) in [4.78, 5) is 4.27. The SMILES string of the molecule is CCCC(CC)Nc1nc(Cl)nn2cccc12. The maximum Gasteiger partial charge on any atom is 0.243 e. The Morgan fingerprint density at radius 3 is 3.00 bits per heavy atom. The molecule has 2 heterocycles. The maximum atomic E-state index is 5.90. The lowest BCUT2D eigenvalue weighted by atomic mass is 10.1. The zero-order valence-corrected chi connectivity index (χ0v) is 10.9. The topological polar surface area (TPSA) is 42.2 Å². The minimum atomic E-state index is 0.266. The van der Waals surface area contributed by atoms with Gasteiger partial charge in [0.15, 0.2) is 5.82 Å². The Morgan fingerprint density at radius 2 is 2.29 bits per heavy atom. The zero-order chi connectivity index (χ0) is 12.3. The molecule has 17 heavy (non-hydrogen) atoms. The van der Waals surface area contributed by atoms with Crippen molar-refractivity contribution < 1.29 is 0 Å². The predicted octanol–water partition coefficient (Wildman–Crippen LogP) is 3.37. The number of rotatable bonds is 5. The van der Waals surface area contributed by atoms with Gasteiger partial charge in [0.25, 0.3) is 0 Å². The van der Waals surface area contributed by atoms with Gasteiger partial charge in [-0.25, -0.2) is 4.52 Å². The van der Waals surface area contributed by atoms with Crippen molar-refractivity contribution in [2.75, 3.05) is 5.32 Å². The van der Waals surface area contributed by atoms with Crippen LogP contribution in [0.4, 0.5) is 5.82 Å². The van der Waals surface area contributed by atoms with E-state index in [-0.39, 0.29) is 5.28 Å². The van der Waals surface area contributed by atoms with Crippen LogP contribution in [0.15, 0.2) is 18.3 Å². The number of halogens is 1. The summed E-state index contributed by atoms with van der Waals surface area (Å²) in [5.74, 6) is 0.815. The first kappa shape index (κ1) is 12.2. The number of fused-ring (bicyclic) bond motifs is 1. The summed E-state index contributed by atoms with van der Waals surface area (Å²) in [5.41, 5.74) is 0.962. The Labute approximate surface area is 106 Å². The largest absolute Gasteiger partial charge is 0.365 e. The van der Waals surface area contributed by atoms with Gasteiger partial charge in [-0.05, 0) is 36.6 Å². The smallest absolute Gasteiger partial charge is 0.243 e. The van der Waals surface area contributed by atoms with Crippen molar-refractivity contribution in [1.82, 2.24) is 14.6 Å². The lowest BCUT2D eigenvalue weighted by Gasteiger charge is -2.17. The summed E-state index contributed by atoms with van der Waals surface area (Å²) in [6.45, 7) is 4.36. The molecule has 0 bridgehead atoms. The van der Waals surface area contributed by atoms with E-state index in [4.69, 9.17) is 11.6 Å². The van der Waals surface area contributed by atoms with Gasteiger partial charge in [-0.3, -0.25) is 0 Å². The molecule has 2 aromatic heterocycles. The van der Waals surface area contributed by atoms with E-state index in [1.54, 1.807) is 4.52 Å². The van der Waals surface area contributed by atoms with Gasteiger partial charge >= 0.3 is 0 Å². The molecule has 2 rings (SSSR count). The van der Waals surface area contributed by atoms with Crippen LogP contribution in [-0.4, -0.2) is 20.6 Å². The lowest BCUT2D eigenvalue weighted by molar-refractivity contribution is 0.620. The molecule has 1 atom stereocenters. The van der Waals surface area contributed by atoms with Crippen molar-refractivity contribution in [2.45, 2.75) is 39.2 Å². The number of hydrogen-bond donors (Lipinski definition) is 1. The third kappa shape index (κ3) is 2.69. The van der Waals surface area contributed by atoms with Crippen LogP contribution in [0.5, 0.6) is 0 Å². The van der Waals surface area contributed by atoms with Gasteiger partial charge in [-0.1, -0.05) is 20.3 Å². The first-order valence-electron chi connectivity index (χ1n) is 6.02. The molecule has 0 aliphatic heterocycles. The molecule has 0 saturated heterocycles. The molecular formula is C12H17ClN4. The van der Waals surface area contributed by atoms with Crippen LogP contribution >= 0.6 is 11.6 Å². The van der Waals surface area contributed by atoms with Gasteiger partial charge in [-0.15, -0.1) is 5.10 Å². The van der Waals surface area contributed by atoms with Crippen LogP contribution in [0.25, 0.3) is 5.52 Å². The summed E-state index contributed by atoms with van der Waals surface area (Å²) in [6.07, 6.45) is 5.23. The molecule has 1 unspecified atom stereocenters. The molecule has 0 radical (unpaired) electrons. The summed E-state index contributed by atoms with van der Waals surface area (Å²) in [5, 5.41) is 7.82. The summed E-state index contributed by atoms with van der Waals surface area (Å²) in [6, 6.07) is 4.36. The number of hydrogen-bond acceptors (Lipinski definition) is 3. The molecule has 92 valence electrons. The predicted molar refractivity (Wildman–Crippen MR) is 70.6 cm³/mol. The highest BCUT2D eigenvalue weighted by atomic mass is 35.5. The Morgan fingerprint density at radius 1 is 1.47 bits per heavy atom.